The molecule has 1 rings (SSSR count). The molecule has 0 bridgehead atoms. The fourth-order valence-corrected chi connectivity index (χ4v) is 1.92. The highest BCUT2D eigenvalue weighted by molar-refractivity contribution is 5.29. The predicted molar refractivity (Wildman–Crippen MR) is 63.1 cm³/mol. The van der Waals surface area contributed by atoms with E-state index in [-0.39, 0.29) is 12.1 Å². The number of halogens is 7. The van der Waals surface area contributed by atoms with Crippen LogP contribution in [0.3, 0.4) is 0 Å². The van der Waals surface area contributed by atoms with Gasteiger partial charge in [-0.25, -0.2) is 4.39 Å². The number of hydrogen-bond donors (Lipinski definition) is 1. The van der Waals surface area contributed by atoms with Gasteiger partial charge in [0, 0.05) is 12.5 Å². The quantitative estimate of drug-likeness (QED) is 0.767. The van der Waals surface area contributed by atoms with Crippen LogP contribution in [0.2, 0.25) is 0 Å². The molecule has 1 nitrogen and oxygen atoms in total. The predicted octanol–water partition coefficient (Wildman–Crippen LogP) is 4.84. The maximum absolute atomic E-state index is 13.2. The SMILES string of the molecule is CCNC(CCC(F)(F)F)c1ccc(F)c(C(F)(F)F)c1. The lowest BCUT2D eigenvalue weighted by Gasteiger charge is -2.20. The van der Waals surface area contributed by atoms with E-state index in [1.807, 2.05) is 0 Å². The van der Waals surface area contributed by atoms with E-state index in [1.165, 1.54) is 0 Å². The molecule has 0 spiro atoms. The van der Waals surface area contributed by atoms with Crippen LogP contribution in [0.5, 0.6) is 0 Å². The lowest BCUT2D eigenvalue weighted by Crippen LogP contribution is -2.23. The van der Waals surface area contributed by atoms with Crippen molar-refractivity contribution in [2.45, 2.75) is 38.2 Å². The van der Waals surface area contributed by atoms with E-state index >= 15 is 0 Å². The highest BCUT2D eigenvalue weighted by Gasteiger charge is 2.35. The molecule has 0 radical (unpaired) electrons. The molecule has 0 aliphatic rings. The monoisotopic (exact) mass is 317 g/mol. The van der Waals surface area contributed by atoms with Crippen molar-refractivity contribution in [1.29, 1.82) is 0 Å². The summed E-state index contributed by atoms with van der Waals surface area (Å²) in [6.45, 7) is 1.90. The van der Waals surface area contributed by atoms with Crippen LogP contribution < -0.4 is 5.32 Å². The van der Waals surface area contributed by atoms with Crippen LogP contribution in [0, 0.1) is 5.82 Å². The van der Waals surface area contributed by atoms with Crippen molar-refractivity contribution in [2.24, 2.45) is 0 Å². The van der Waals surface area contributed by atoms with Crippen molar-refractivity contribution in [3.63, 3.8) is 0 Å². The van der Waals surface area contributed by atoms with Gasteiger partial charge in [0.2, 0.25) is 0 Å². The Morgan fingerprint density at radius 1 is 1.10 bits per heavy atom. The number of alkyl halides is 6. The van der Waals surface area contributed by atoms with Gasteiger partial charge in [-0.3, -0.25) is 0 Å². The van der Waals surface area contributed by atoms with Gasteiger partial charge in [0.15, 0.2) is 0 Å². The molecule has 8 heteroatoms. The Balaban J connectivity index is 3.03. The fourth-order valence-electron chi connectivity index (χ4n) is 1.92. The molecule has 0 aromatic heterocycles. The summed E-state index contributed by atoms with van der Waals surface area (Å²) in [7, 11) is 0. The van der Waals surface area contributed by atoms with Gasteiger partial charge in [-0.2, -0.15) is 26.3 Å². The zero-order chi connectivity index (χ0) is 16.3. The van der Waals surface area contributed by atoms with E-state index in [1.54, 1.807) is 6.92 Å². The molecule has 0 amide bonds. The van der Waals surface area contributed by atoms with Gasteiger partial charge in [0.05, 0.1) is 5.56 Å². The third-order valence-corrected chi connectivity index (χ3v) is 2.87. The van der Waals surface area contributed by atoms with E-state index in [9.17, 15) is 30.7 Å². The Kier molecular flexibility index (Phi) is 5.61. The smallest absolute Gasteiger partial charge is 0.310 e. The Bertz CT molecular complexity index is 465. The third kappa shape index (κ3) is 5.53. The average Bonchev–Trinajstić information content (AvgIpc) is 2.33. The lowest BCUT2D eigenvalue weighted by molar-refractivity contribution is -0.140. The van der Waals surface area contributed by atoms with E-state index in [0.29, 0.717) is 12.1 Å². The van der Waals surface area contributed by atoms with Crippen molar-refractivity contribution in [3.05, 3.63) is 35.1 Å². The number of hydrogen-bond acceptors (Lipinski definition) is 1. The minimum atomic E-state index is -4.89. The molecule has 1 aromatic rings. The van der Waals surface area contributed by atoms with Crippen LogP contribution in [0.4, 0.5) is 30.7 Å². The molecule has 0 aliphatic heterocycles. The first kappa shape index (κ1) is 17.7. The summed E-state index contributed by atoms with van der Waals surface area (Å²) in [6, 6.07) is 1.32. The normalized spacial score (nSPS) is 14.3. The first-order valence-electron chi connectivity index (χ1n) is 6.21. The highest BCUT2D eigenvalue weighted by atomic mass is 19.4. The Morgan fingerprint density at radius 2 is 1.71 bits per heavy atom. The number of rotatable bonds is 5. The summed E-state index contributed by atoms with van der Waals surface area (Å²) in [6.07, 6.45) is -10.8. The summed E-state index contributed by atoms with van der Waals surface area (Å²) >= 11 is 0. The minimum absolute atomic E-state index is 0.0187. The second-order valence-corrected chi connectivity index (χ2v) is 4.50. The first-order valence-corrected chi connectivity index (χ1v) is 6.21. The first-order chi connectivity index (χ1) is 9.54. The zero-order valence-corrected chi connectivity index (χ0v) is 11.1. The molecule has 0 heterocycles. The summed E-state index contributed by atoms with van der Waals surface area (Å²) in [5.74, 6) is -1.45. The van der Waals surface area contributed by atoms with E-state index in [0.717, 1.165) is 6.07 Å². The lowest BCUT2D eigenvalue weighted by atomic mass is 9.99. The summed E-state index contributed by atoms with van der Waals surface area (Å²) in [5, 5.41) is 2.68. The van der Waals surface area contributed by atoms with Crippen molar-refractivity contribution in [3.8, 4) is 0 Å². The molecule has 0 aliphatic carbocycles. The van der Waals surface area contributed by atoms with Crippen LogP contribution in [-0.2, 0) is 6.18 Å². The van der Waals surface area contributed by atoms with Gasteiger partial charge in [0.25, 0.3) is 0 Å². The van der Waals surface area contributed by atoms with Crippen LogP contribution in [0.15, 0.2) is 18.2 Å². The largest absolute Gasteiger partial charge is 0.419 e. The molecule has 0 fully saturated rings. The Labute approximate surface area is 117 Å². The second kappa shape index (κ2) is 6.64. The molecular formula is C13H14F7N. The van der Waals surface area contributed by atoms with Crippen molar-refractivity contribution in [2.75, 3.05) is 6.54 Å². The van der Waals surface area contributed by atoms with E-state index in [4.69, 9.17) is 0 Å². The second-order valence-electron chi connectivity index (χ2n) is 4.50. The minimum Gasteiger partial charge on any atom is -0.310 e. The average molecular weight is 317 g/mol. The van der Waals surface area contributed by atoms with E-state index < -0.39 is 42.6 Å². The number of benzene rings is 1. The third-order valence-electron chi connectivity index (χ3n) is 2.87. The van der Waals surface area contributed by atoms with Gasteiger partial charge in [-0.05, 0) is 30.7 Å². The maximum atomic E-state index is 13.2. The van der Waals surface area contributed by atoms with Crippen LogP contribution in [0.25, 0.3) is 0 Å². The van der Waals surface area contributed by atoms with Crippen molar-refractivity contribution >= 4 is 0 Å². The fraction of sp³-hybridized carbons (Fsp3) is 0.538. The van der Waals surface area contributed by atoms with Gasteiger partial charge in [-0.15, -0.1) is 0 Å². The molecule has 0 saturated carbocycles. The summed E-state index contributed by atoms with van der Waals surface area (Å²) in [4.78, 5) is 0. The standard InChI is InChI=1S/C13H14F7N/c1-2-21-11(5-6-12(15,16)17)8-3-4-10(14)9(7-8)13(18,19)20/h3-4,7,11,21H,2,5-6H2,1H3. The number of nitrogens with one attached hydrogen (secondary N) is 1. The molecule has 1 aromatic carbocycles. The molecule has 1 unspecified atom stereocenters. The molecule has 1 N–H and O–H groups in total. The molecular weight excluding hydrogens is 303 g/mol. The molecule has 0 saturated heterocycles. The Morgan fingerprint density at radius 3 is 2.19 bits per heavy atom. The molecule has 1 atom stereocenters. The van der Waals surface area contributed by atoms with Crippen molar-refractivity contribution in [1.82, 2.24) is 5.32 Å². The topological polar surface area (TPSA) is 12.0 Å². The molecule has 21 heavy (non-hydrogen) atoms. The van der Waals surface area contributed by atoms with Crippen LogP contribution in [-0.4, -0.2) is 12.7 Å². The Hall–Kier alpha value is -1.31. The summed E-state index contributed by atoms with van der Waals surface area (Å²) < 4.78 is 87.7. The van der Waals surface area contributed by atoms with Gasteiger partial charge >= 0.3 is 12.4 Å². The van der Waals surface area contributed by atoms with Crippen LogP contribution in [0.1, 0.15) is 36.9 Å². The summed E-state index contributed by atoms with van der Waals surface area (Å²) in [5.41, 5.74) is -1.50. The maximum Gasteiger partial charge on any atom is 0.419 e. The highest BCUT2D eigenvalue weighted by Crippen LogP contribution is 2.34. The molecule has 120 valence electrons. The van der Waals surface area contributed by atoms with Gasteiger partial charge in [-0.1, -0.05) is 13.0 Å². The van der Waals surface area contributed by atoms with Crippen molar-refractivity contribution < 1.29 is 30.7 Å². The van der Waals surface area contributed by atoms with Gasteiger partial charge in [0.1, 0.15) is 5.82 Å². The van der Waals surface area contributed by atoms with E-state index in [2.05, 4.69) is 5.32 Å². The van der Waals surface area contributed by atoms with Gasteiger partial charge < -0.3 is 5.32 Å². The van der Waals surface area contributed by atoms with Crippen LogP contribution >= 0.6 is 0 Å². The zero-order valence-electron chi connectivity index (χ0n) is 11.1.